The van der Waals surface area contributed by atoms with Crippen molar-refractivity contribution in [3.63, 3.8) is 0 Å². The molecule has 2 aromatic carbocycles. The molecule has 0 aliphatic carbocycles. The molecule has 0 saturated carbocycles. The maximum Gasteiger partial charge on any atom is 0.243 e. The summed E-state index contributed by atoms with van der Waals surface area (Å²) in [6.07, 6.45) is 0.949. The van der Waals surface area contributed by atoms with Gasteiger partial charge >= 0.3 is 0 Å². The average Bonchev–Trinajstić information content (AvgIpc) is 3.16. The molecule has 0 radical (unpaired) electrons. The number of nitrogens with zero attached hydrogens (tertiary/aromatic N) is 4. The second-order valence-electron chi connectivity index (χ2n) is 6.45. The summed E-state index contributed by atoms with van der Waals surface area (Å²) in [7, 11) is 0. The maximum absolute atomic E-state index is 6.09. The molecule has 3 rings (SSSR count). The largest absolute Gasteiger partial charge is 0.490 e. The van der Waals surface area contributed by atoms with E-state index < -0.39 is 0 Å². The first-order chi connectivity index (χ1) is 14.5. The van der Waals surface area contributed by atoms with E-state index in [0.29, 0.717) is 47.3 Å². The van der Waals surface area contributed by atoms with Crippen LogP contribution in [0.3, 0.4) is 0 Å². The molecule has 0 atom stereocenters. The van der Waals surface area contributed by atoms with Crippen LogP contribution in [0.15, 0.2) is 34.8 Å². The minimum absolute atomic E-state index is 0.332. The Morgan fingerprint density at radius 3 is 2.63 bits per heavy atom. The number of tetrazole rings is 1. The van der Waals surface area contributed by atoms with E-state index >= 15 is 0 Å². The van der Waals surface area contributed by atoms with Crippen LogP contribution in [0, 0.1) is 0 Å². The third kappa shape index (κ3) is 5.77. The highest BCUT2D eigenvalue weighted by atomic mass is 79.9. The number of ether oxygens (including phenoxy) is 2. The summed E-state index contributed by atoms with van der Waals surface area (Å²) in [6.45, 7) is 6.15. The van der Waals surface area contributed by atoms with E-state index in [9.17, 15) is 0 Å². The number of halogens is 3. The summed E-state index contributed by atoms with van der Waals surface area (Å²) in [5.41, 5.74) is 1.91. The summed E-state index contributed by atoms with van der Waals surface area (Å²) in [6, 6.07) is 9.34. The Morgan fingerprint density at radius 2 is 1.90 bits per heavy atom. The lowest BCUT2D eigenvalue weighted by atomic mass is 10.2. The van der Waals surface area contributed by atoms with E-state index in [-0.39, 0.29) is 0 Å². The fourth-order valence-corrected chi connectivity index (χ4v) is 3.71. The number of aryl methyl sites for hydroxylation is 1. The van der Waals surface area contributed by atoms with Crippen LogP contribution in [-0.2, 0) is 19.7 Å². The van der Waals surface area contributed by atoms with Crippen LogP contribution in [0.4, 0.5) is 5.95 Å². The van der Waals surface area contributed by atoms with E-state index in [1.54, 1.807) is 16.8 Å². The fraction of sp³-hybridized carbons (Fsp3) is 0.350. The summed E-state index contributed by atoms with van der Waals surface area (Å²) in [5, 5.41) is 16.0. The van der Waals surface area contributed by atoms with Crippen LogP contribution in [-0.4, -0.2) is 26.8 Å². The first-order valence-corrected chi connectivity index (χ1v) is 11.1. The minimum Gasteiger partial charge on any atom is -0.490 e. The van der Waals surface area contributed by atoms with Gasteiger partial charge in [-0.2, -0.15) is 0 Å². The molecule has 0 aliphatic rings. The first kappa shape index (κ1) is 22.7. The van der Waals surface area contributed by atoms with Crippen molar-refractivity contribution in [3.05, 3.63) is 56.0 Å². The molecule has 1 N–H and O–H groups in total. The lowest BCUT2D eigenvalue weighted by Gasteiger charge is -2.16. The minimum atomic E-state index is 0.332. The molecule has 1 heterocycles. The van der Waals surface area contributed by atoms with Crippen molar-refractivity contribution >= 4 is 45.1 Å². The number of rotatable bonds is 10. The highest BCUT2D eigenvalue weighted by molar-refractivity contribution is 9.10. The molecule has 0 amide bonds. The molecule has 10 heteroatoms. The van der Waals surface area contributed by atoms with Gasteiger partial charge in [0.25, 0.3) is 0 Å². The number of aromatic nitrogens is 4. The SMILES string of the molecule is CCCn1nnnc1NCc1cc(Br)c(OCc2ccc(Cl)c(Cl)c2)c(OCC)c1. The van der Waals surface area contributed by atoms with Crippen molar-refractivity contribution in [3.8, 4) is 11.5 Å². The molecule has 7 nitrogen and oxygen atoms in total. The predicted octanol–water partition coefficient (Wildman–Crippen LogP) is 5.74. The molecule has 1 aromatic heterocycles. The van der Waals surface area contributed by atoms with Crippen molar-refractivity contribution in [1.29, 1.82) is 0 Å². The van der Waals surface area contributed by atoms with E-state index in [1.165, 1.54) is 0 Å². The Kier molecular flexibility index (Phi) is 8.18. The number of benzene rings is 2. The topological polar surface area (TPSA) is 74.1 Å². The van der Waals surface area contributed by atoms with Gasteiger partial charge in [-0.1, -0.05) is 41.3 Å². The van der Waals surface area contributed by atoms with Gasteiger partial charge in [-0.15, -0.1) is 0 Å². The highest BCUT2D eigenvalue weighted by Gasteiger charge is 2.14. The molecule has 30 heavy (non-hydrogen) atoms. The van der Waals surface area contributed by atoms with Gasteiger partial charge in [0.05, 0.1) is 21.1 Å². The van der Waals surface area contributed by atoms with Gasteiger partial charge in [0.1, 0.15) is 6.61 Å². The monoisotopic (exact) mass is 513 g/mol. The zero-order valence-electron chi connectivity index (χ0n) is 16.7. The maximum atomic E-state index is 6.09. The second-order valence-corrected chi connectivity index (χ2v) is 8.12. The van der Waals surface area contributed by atoms with Crippen LogP contribution in [0.25, 0.3) is 0 Å². The smallest absolute Gasteiger partial charge is 0.243 e. The van der Waals surface area contributed by atoms with Gasteiger partial charge in [-0.05, 0) is 75.1 Å². The molecular formula is C20H22BrCl2N5O2. The lowest BCUT2D eigenvalue weighted by molar-refractivity contribution is 0.267. The molecule has 160 valence electrons. The molecule has 3 aromatic rings. The Hall–Kier alpha value is -2.03. The van der Waals surface area contributed by atoms with Gasteiger partial charge < -0.3 is 14.8 Å². The average molecular weight is 515 g/mol. The van der Waals surface area contributed by atoms with Gasteiger partial charge in [0, 0.05) is 13.1 Å². The summed E-state index contributed by atoms with van der Waals surface area (Å²) in [5.74, 6) is 1.91. The van der Waals surface area contributed by atoms with Crippen LogP contribution < -0.4 is 14.8 Å². The predicted molar refractivity (Wildman–Crippen MR) is 122 cm³/mol. The Balaban J connectivity index is 1.74. The number of hydrogen-bond acceptors (Lipinski definition) is 6. The third-order valence-corrected chi connectivity index (χ3v) is 5.48. The molecule has 0 spiro atoms. The third-order valence-electron chi connectivity index (χ3n) is 4.15. The van der Waals surface area contributed by atoms with Crippen LogP contribution >= 0.6 is 39.1 Å². The lowest BCUT2D eigenvalue weighted by Crippen LogP contribution is -2.09. The molecule has 0 fully saturated rings. The molecule has 0 bridgehead atoms. The molecule has 0 aliphatic heterocycles. The zero-order chi connectivity index (χ0) is 21.5. The molecule has 0 saturated heterocycles. The summed E-state index contributed by atoms with van der Waals surface area (Å²) < 4.78 is 14.4. The normalized spacial score (nSPS) is 10.8. The van der Waals surface area contributed by atoms with E-state index in [0.717, 1.165) is 28.6 Å². The van der Waals surface area contributed by atoms with Gasteiger partial charge in [0.2, 0.25) is 5.95 Å². The first-order valence-electron chi connectivity index (χ1n) is 9.53. The van der Waals surface area contributed by atoms with Gasteiger partial charge in [-0.25, -0.2) is 4.68 Å². The Labute approximate surface area is 193 Å². The number of nitrogens with one attached hydrogen (secondary N) is 1. The summed E-state index contributed by atoms with van der Waals surface area (Å²) >= 11 is 15.7. The zero-order valence-corrected chi connectivity index (χ0v) is 19.8. The van der Waals surface area contributed by atoms with Crippen molar-refractivity contribution in [2.75, 3.05) is 11.9 Å². The standard InChI is InChI=1S/C20H22BrCl2N5O2/c1-3-7-28-20(25-26-27-28)24-11-14-8-15(21)19(18(10-14)29-4-2)30-12-13-5-6-16(22)17(23)9-13/h5-6,8-10H,3-4,7,11-12H2,1-2H3,(H,24,25,27). The summed E-state index contributed by atoms with van der Waals surface area (Å²) in [4.78, 5) is 0. The quantitative estimate of drug-likeness (QED) is 0.371. The van der Waals surface area contributed by atoms with Crippen molar-refractivity contribution in [2.24, 2.45) is 0 Å². The van der Waals surface area contributed by atoms with E-state index in [2.05, 4.69) is 43.7 Å². The Morgan fingerprint density at radius 1 is 1.07 bits per heavy atom. The molecule has 0 unspecified atom stereocenters. The Bertz CT molecular complexity index is 999. The van der Waals surface area contributed by atoms with Crippen molar-refractivity contribution in [2.45, 2.75) is 40.0 Å². The second kappa shape index (κ2) is 10.8. The number of anilines is 1. The van der Waals surface area contributed by atoms with E-state index in [1.807, 2.05) is 25.1 Å². The van der Waals surface area contributed by atoms with Crippen LogP contribution in [0.2, 0.25) is 10.0 Å². The molecular weight excluding hydrogens is 493 g/mol. The van der Waals surface area contributed by atoms with Crippen LogP contribution in [0.1, 0.15) is 31.4 Å². The fourth-order valence-electron chi connectivity index (χ4n) is 2.79. The van der Waals surface area contributed by atoms with Gasteiger partial charge in [-0.3, -0.25) is 0 Å². The number of hydrogen-bond donors (Lipinski definition) is 1. The van der Waals surface area contributed by atoms with Crippen molar-refractivity contribution in [1.82, 2.24) is 20.2 Å². The highest BCUT2D eigenvalue weighted by Crippen LogP contribution is 2.38. The van der Waals surface area contributed by atoms with Crippen molar-refractivity contribution < 1.29 is 9.47 Å². The van der Waals surface area contributed by atoms with Crippen LogP contribution in [0.5, 0.6) is 11.5 Å². The van der Waals surface area contributed by atoms with Gasteiger partial charge in [0.15, 0.2) is 11.5 Å². The van der Waals surface area contributed by atoms with E-state index in [4.69, 9.17) is 32.7 Å².